The Morgan fingerprint density at radius 1 is 1.31 bits per heavy atom. The van der Waals surface area contributed by atoms with Crippen molar-refractivity contribution >= 4 is 10.9 Å². The summed E-state index contributed by atoms with van der Waals surface area (Å²) >= 11 is 0. The van der Waals surface area contributed by atoms with Crippen LogP contribution in [0.1, 0.15) is 25.3 Å². The summed E-state index contributed by atoms with van der Waals surface area (Å²) in [6.45, 7) is 5.43. The second-order valence-corrected chi connectivity index (χ2v) is 5.43. The van der Waals surface area contributed by atoms with Gasteiger partial charge < -0.3 is 10.7 Å². The van der Waals surface area contributed by atoms with Gasteiger partial charge in [0, 0.05) is 17.1 Å². The van der Waals surface area contributed by atoms with Gasteiger partial charge in [0.25, 0.3) is 0 Å². The highest BCUT2D eigenvalue weighted by atomic mass is 14.7. The van der Waals surface area contributed by atoms with Crippen LogP contribution in [0.5, 0.6) is 0 Å². The van der Waals surface area contributed by atoms with Crippen molar-refractivity contribution in [3.63, 3.8) is 0 Å². The fourth-order valence-electron chi connectivity index (χ4n) is 3.18. The third-order valence-electron chi connectivity index (χ3n) is 4.27. The van der Waals surface area contributed by atoms with Crippen LogP contribution in [-0.4, -0.2) is 11.5 Å². The molecule has 2 nitrogen and oxygen atoms in total. The minimum Gasteiger partial charge on any atom is -0.361 e. The maximum atomic E-state index is 5.85. The first-order valence-electron chi connectivity index (χ1n) is 5.92. The molecule has 0 spiro atoms. The number of benzene rings is 1. The molecular weight excluding hydrogens is 196 g/mol. The molecule has 1 aliphatic rings. The zero-order valence-electron chi connectivity index (χ0n) is 9.83. The largest absolute Gasteiger partial charge is 0.361 e. The van der Waals surface area contributed by atoms with Crippen LogP contribution in [-0.2, 0) is 0 Å². The van der Waals surface area contributed by atoms with Crippen LogP contribution in [0.3, 0.4) is 0 Å². The molecule has 1 aromatic heterocycles. The molecule has 0 aliphatic heterocycles. The van der Waals surface area contributed by atoms with Gasteiger partial charge >= 0.3 is 0 Å². The number of aromatic amines is 1. The average Bonchev–Trinajstić information content (AvgIpc) is 2.65. The van der Waals surface area contributed by atoms with Crippen molar-refractivity contribution in [3.05, 3.63) is 36.0 Å². The molecule has 0 radical (unpaired) electrons. The van der Waals surface area contributed by atoms with Crippen LogP contribution in [0, 0.1) is 11.3 Å². The van der Waals surface area contributed by atoms with Gasteiger partial charge in [0.1, 0.15) is 0 Å². The van der Waals surface area contributed by atoms with Crippen LogP contribution in [0.25, 0.3) is 10.9 Å². The molecule has 0 saturated heterocycles. The molecule has 1 heterocycles. The summed E-state index contributed by atoms with van der Waals surface area (Å²) in [5.41, 5.74) is 8.90. The Labute approximate surface area is 95.8 Å². The number of aromatic nitrogens is 1. The fraction of sp³-hybridized carbons (Fsp3) is 0.429. The van der Waals surface area contributed by atoms with E-state index in [0.717, 1.165) is 6.54 Å². The van der Waals surface area contributed by atoms with Crippen molar-refractivity contribution in [1.82, 2.24) is 4.98 Å². The molecule has 0 unspecified atom stereocenters. The van der Waals surface area contributed by atoms with E-state index in [4.69, 9.17) is 5.73 Å². The van der Waals surface area contributed by atoms with E-state index < -0.39 is 0 Å². The van der Waals surface area contributed by atoms with Crippen LogP contribution < -0.4 is 5.73 Å². The summed E-state index contributed by atoms with van der Waals surface area (Å²) in [7, 11) is 0. The van der Waals surface area contributed by atoms with Gasteiger partial charge in [-0.1, -0.05) is 26.0 Å². The third-order valence-corrected chi connectivity index (χ3v) is 4.27. The molecule has 16 heavy (non-hydrogen) atoms. The van der Waals surface area contributed by atoms with Crippen molar-refractivity contribution in [2.45, 2.75) is 19.8 Å². The lowest BCUT2D eigenvalue weighted by molar-refractivity contribution is 0.559. The molecule has 2 heteroatoms. The quantitative estimate of drug-likeness (QED) is 0.793. The van der Waals surface area contributed by atoms with Gasteiger partial charge in [-0.05, 0) is 41.5 Å². The molecule has 1 saturated carbocycles. The van der Waals surface area contributed by atoms with E-state index in [1.54, 1.807) is 0 Å². The Kier molecular flexibility index (Phi) is 1.93. The average molecular weight is 214 g/mol. The zero-order chi connectivity index (χ0) is 11.3. The van der Waals surface area contributed by atoms with E-state index in [1.807, 2.05) is 6.20 Å². The minimum absolute atomic E-state index is 0.361. The highest BCUT2D eigenvalue weighted by molar-refractivity contribution is 5.84. The van der Waals surface area contributed by atoms with Crippen LogP contribution in [0.4, 0.5) is 0 Å². The van der Waals surface area contributed by atoms with Crippen LogP contribution in [0.2, 0.25) is 0 Å². The molecule has 1 fully saturated rings. The van der Waals surface area contributed by atoms with E-state index >= 15 is 0 Å². The summed E-state index contributed by atoms with van der Waals surface area (Å²) in [4.78, 5) is 3.27. The van der Waals surface area contributed by atoms with Crippen LogP contribution in [0.15, 0.2) is 30.5 Å². The minimum atomic E-state index is 0.361. The van der Waals surface area contributed by atoms with Gasteiger partial charge in [-0.2, -0.15) is 0 Å². The molecule has 84 valence electrons. The summed E-state index contributed by atoms with van der Waals surface area (Å²) < 4.78 is 0. The number of hydrogen-bond donors (Lipinski definition) is 2. The third kappa shape index (κ3) is 1.17. The molecule has 3 rings (SSSR count). The normalized spacial score (nSPS) is 27.2. The van der Waals surface area contributed by atoms with E-state index in [0.29, 0.717) is 17.3 Å². The molecule has 2 atom stereocenters. The number of rotatable bonds is 2. The van der Waals surface area contributed by atoms with Gasteiger partial charge in [0.05, 0.1) is 0 Å². The summed E-state index contributed by atoms with van der Waals surface area (Å²) in [5.74, 6) is 1.25. The molecule has 3 N–H and O–H groups in total. The number of hydrogen-bond acceptors (Lipinski definition) is 1. The highest BCUT2D eigenvalue weighted by Gasteiger charge is 2.57. The van der Waals surface area contributed by atoms with Crippen molar-refractivity contribution in [2.75, 3.05) is 6.54 Å². The standard InChI is InChI=1S/C14H18N2/c1-14(2)11(8-15)13(14)10-4-3-5-12-9(10)6-7-16-12/h3-7,11,13,16H,8,15H2,1-2H3/t11-,13-/m0/s1. The van der Waals surface area contributed by atoms with E-state index in [9.17, 15) is 0 Å². The predicted molar refractivity (Wildman–Crippen MR) is 67.4 cm³/mol. The predicted octanol–water partition coefficient (Wildman–Crippen LogP) is 2.87. The number of nitrogens with two attached hydrogens (primary N) is 1. The van der Waals surface area contributed by atoms with Gasteiger partial charge in [-0.3, -0.25) is 0 Å². The lowest BCUT2D eigenvalue weighted by Crippen LogP contribution is -2.05. The SMILES string of the molecule is CC1(C)[C@@H](CN)[C@@H]1c1cccc2[nH]ccc12. The highest BCUT2D eigenvalue weighted by Crippen LogP contribution is 2.64. The second-order valence-electron chi connectivity index (χ2n) is 5.43. The lowest BCUT2D eigenvalue weighted by Gasteiger charge is -2.04. The number of fused-ring (bicyclic) bond motifs is 1. The van der Waals surface area contributed by atoms with Crippen molar-refractivity contribution < 1.29 is 0 Å². The van der Waals surface area contributed by atoms with Crippen molar-refractivity contribution in [1.29, 1.82) is 0 Å². The lowest BCUT2D eigenvalue weighted by atomic mass is 10.00. The Morgan fingerprint density at radius 3 is 2.81 bits per heavy atom. The molecule has 1 aliphatic carbocycles. The summed E-state index contributed by atoms with van der Waals surface area (Å²) in [6.07, 6.45) is 2.01. The smallest absolute Gasteiger partial charge is 0.0456 e. The van der Waals surface area contributed by atoms with E-state index in [2.05, 4.69) is 43.1 Å². The first-order chi connectivity index (χ1) is 7.66. The van der Waals surface area contributed by atoms with Crippen molar-refractivity contribution in [2.24, 2.45) is 17.1 Å². The summed E-state index contributed by atoms with van der Waals surface area (Å²) in [5, 5.41) is 1.36. The second kappa shape index (κ2) is 3.11. The first kappa shape index (κ1) is 9.91. The first-order valence-corrected chi connectivity index (χ1v) is 5.92. The van der Waals surface area contributed by atoms with Gasteiger partial charge in [-0.15, -0.1) is 0 Å². The molecule has 0 bridgehead atoms. The molecule has 1 aromatic carbocycles. The Balaban J connectivity index is 2.11. The summed E-state index contributed by atoms with van der Waals surface area (Å²) in [6, 6.07) is 8.69. The maximum Gasteiger partial charge on any atom is 0.0456 e. The van der Waals surface area contributed by atoms with E-state index in [-0.39, 0.29) is 0 Å². The van der Waals surface area contributed by atoms with Crippen LogP contribution >= 0.6 is 0 Å². The fourth-order valence-corrected chi connectivity index (χ4v) is 3.18. The monoisotopic (exact) mass is 214 g/mol. The number of nitrogens with one attached hydrogen (secondary N) is 1. The number of H-pyrrole nitrogens is 1. The van der Waals surface area contributed by atoms with Crippen molar-refractivity contribution in [3.8, 4) is 0 Å². The molecular formula is C14H18N2. The van der Waals surface area contributed by atoms with E-state index in [1.165, 1.54) is 16.5 Å². The van der Waals surface area contributed by atoms with Gasteiger partial charge in [-0.25, -0.2) is 0 Å². The zero-order valence-corrected chi connectivity index (χ0v) is 9.83. The van der Waals surface area contributed by atoms with Gasteiger partial charge in [0.15, 0.2) is 0 Å². The topological polar surface area (TPSA) is 41.8 Å². The maximum absolute atomic E-state index is 5.85. The Morgan fingerprint density at radius 2 is 2.12 bits per heavy atom. The Bertz CT molecular complexity index is 524. The Hall–Kier alpha value is -1.28. The molecule has 2 aromatic rings. The van der Waals surface area contributed by atoms with Gasteiger partial charge in [0.2, 0.25) is 0 Å². The molecule has 0 amide bonds.